The van der Waals surface area contributed by atoms with E-state index in [-0.39, 0.29) is 6.61 Å². The van der Waals surface area contributed by atoms with Crippen LogP contribution in [-0.2, 0) is 4.79 Å². The molecule has 1 amide bonds. The molecule has 3 atom stereocenters. The van der Waals surface area contributed by atoms with Crippen molar-refractivity contribution in [3.8, 4) is 0 Å². The second kappa shape index (κ2) is 39.9. The molecule has 0 rings (SSSR count). The largest absolute Gasteiger partial charge is 0.394 e. The number of aliphatic hydroxyl groups excluding tert-OH is 3. The highest BCUT2D eigenvalue weighted by atomic mass is 16.3. The number of carbonyl (C=O) groups is 1. The van der Waals surface area contributed by atoms with Gasteiger partial charge in [0.05, 0.1) is 18.8 Å². The Morgan fingerprint density at radius 1 is 0.490 bits per heavy atom. The number of unbranched alkanes of at least 4 members (excludes halogenated alkanes) is 32. The van der Waals surface area contributed by atoms with E-state index >= 15 is 0 Å². The van der Waals surface area contributed by atoms with Gasteiger partial charge in [0.1, 0.15) is 6.10 Å². The minimum atomic E-state index is -1.09. The zero-order valence-corrected chi connectivity index (χ0v) is 33.1. The average molecular weight is 694 g/mol. The van der Waals surface area contributed by atoms with Crippen molar-refractivity contribution < 1.29 is 20.1 Å². The van der Waals surface area contributed by atoms with Crippen molar-refractivity contribution in [3.05, 3.63) is 12.2 Å². The first-order valence-electron chi connectivity index (χ1n) is 22.0. The molecule has 292 valence electrons. The summed E-state index contributed by atoms with van der Waals surface area (Å²) in [7, 11) is 0. The number of aliphatic hydroxyl groups is 3. The number of rotatable bonds is 40. The molecule has 4 N–H and O–H groups in total. The summed E-state index contributed by atoms with van der Waals surface area (Å²) < 4.78 is 0. The average Bonchev–Trinajstić information content (AvgIpc) is 3.11. The van der Waals surface area contributed by atoms with Crippen LogP contribution >= 0.6 is 0 Å². The van der Waals surface area contributed by atoms with Gasteiger partial charge < -0.3 is 20.6 Å². The summed E-state index contributed by atoms with van der Waals surface area (Å²) in [5.41, 5.74) is 0. The highest BCUT2D eigenvalue weighted by Crippen LogP contribution is 2.16. The summed E-state index contributed by atoms with van der Waals surface area (Å²) >= 11 is 0. The third-order valence-corrected chi connectivity index (χ3v) is 10.4. The number of nitrogens with one attached hydrogen (secondary N) is 1. The molecule has 0 aromatic carbocycles. The molecule has 0 aromatic rings. The van der Waals surface area contributed by atoms with Gasteiger partial charge in [-0.3, -0.25) is 4.79 Å². The molecule has 0 aliphatic heterocycles. The molecule has 49 heavy (non-hydrogen) atoms. The van der Waals surface area contributed by atoms with E-state index in [1.807, 2.05) is 6.08 Å². The van der Waals surface area contributed by atoms with Gasteiger partial charge in [-0.2, -0.15) is 0 Å². The summed E-state index contributed by atoms with van der Waals surface area (Å²) in [4.78, 5) is 12.5. The molecule has 0 spiro atoms. The van der Waals surface area contributed by atoms with Crippen LogP contribution in [0.1, 0.15) is 239 Å². The Labute approximate surface area is 306 Å². The third kappa shape index (κ3) is 35.3. The predicted octanol–water partition coefficient (Wildman–Crippen LogP) is 12.4. The number of amides is 1. The van der Waals surface area contributed by atoms with Gasteiger partial charge in [-0.25, -0.2) is 0 Å². The Balaban J connectivity index is 3.65. The van der Waals surface area contributed by atoms with E-state index in [2.05, 4.69) is 19.2 Å². The lowest BCUT2D eigenvalue weighted by Gasteiger charge is -2.21. The fourth-order valence-corrected chi connectivity index (χ4v) is 6.89. The van der Waals surface area contributed by atoms with E-state index in [4.69, 9.17) is 0 Å². The van der Waals surface area contributed by atoms with Gasteiger partial charge in [0.25, 0.3) is 0 Å². The molecular weight excluding hydrogens is 606 g/mol. The minimum absolute atomic E-state index is 0.359. The maximum Gasteiger partial charge on any atom is 0.249 e. The van der Waals surface area contributed by atoms with Crippen LogP contribution in [0, 0.1) is 0 Å². The van der Waals surface area contributed by atoms with Crippen LogP contribution in [0.3, 0.4) is 0 Å². The van der Waals surface area contributed by atoms with E-state index in [1.54, 1.807) is 6.08 Å². The topological polar surface area (TPSA) is 89.8 Å². The molecule has 0 saturated carbocycles. The van der Waals surface area contributed by atoms with Crippen molar-refractivity contribution in [1.82, 2.24) is 5.32 Å². The molecule has 0 aliphatic rings. The van der Waals surface area contributed by atoms with Gasteiger partial charge in [0.2, 0.25) is 5.91 Å². The standard InChI is InChI=1S/C44H87NO4/c1-3-5-7-9-11-13-15-17-19-21-23-24-26-28-30-32-34-36-38-42(47)41(40-46)45-44(49)43(48)39-37-35-33-31-29-27-25-22-20-18-16-14-12-10-8-6-4-2/h36,38,41-43,46-48H,3-35,37,39-40H2,1-2H3,(H,45,49)/b38-36+. The number of carbonyl (C=O) groups excluding carboxylic acids is 1. The predicted molar refractivity (Wildman–Crippen MR) is 213 cm³/mol. The summed E-state index contributed by atoms with van der Waals surface area (Å²) in [6, 6.07) is -0.792. The fraction of sp³-hybridized carbons (Fsp3) is 0.932. The Morgan fingerprint density at radius 2 is 0.796 bits per heavy atom. The molecule has 0 radical (unpaired) electrons. The van der Waals surface area contributed by atoms with Gasteiger partial charge in [-0.15, -0.1) is 0 Å². The lowest BCUT2D eigenvalue weighted by molar-refractivity contribution is -0.131. The van der Waals surface area contributed by atoms with E-state index in [1.165, 1.54) is 186 Å². The minimum Gasteiger partial charge on any atom is -0.394 e. The highest BCUT2D eigenvalue weighted by molar-refractivity contribution is 5.80. The molecule has 0 aliphatic carbocycles. The first kappa shape index (κ1) is 48.1. The van der Waals surface area contributed by atoms with E-state index in [0.717, 1.165) is 32.1 Å². The third-order valence-electron chi connectivity index (χ3n) is 10.4. The molecule has 0 bridgehead atoms. The second-order valence-electron chi connectivity index (χ2n) is 15.3. The van der Waals surface area contributed by atoms with Crippen LogP contribution in [-0.4, -0.2) is 46.1 Å². The van der Waals surface area contributed by atoms with E-state index in [9.17, 15) is 20.1 Å². The maximum atomic E-state index is 12.5. The molecule has 0 saturated heterocycles. The van der Waals surface area contributed by atoms with Crippen molar-refractivity contribution in [3.63, 3.8) is 0 Å². The zero-order valence-electron chi connectivity index (χ0n) is 33.1. The molecule has 0 heterocycles. The molecular formula is C44H87NO4. The van der Waals surface area contributed by atoms with Gasteiger partial charge in [-0.1, -0.05) is 231 Å². The first-order chi connectivity index (χ1) is 24.1. The first-order valence-corrected chi connectivity index (χ1v) is 22.0. The quantitative estimate of drug-likeness (QED) is 0.0380. The van der Waals surface area contributed by atoms with Crippen molar-refractivity contribution in [2.45, 2.75) is 257 Å². The lowest BCUT2D eigenvalue weighted by atomic mass is 10.0. The van der Waals surface area contributed by atoms with Crippen LogP contribution in [0.25, 0.3) is 0 Å². The molecule has 0 aromatic heterocycles. The fourth-order valence-electron chi connectivity index (χ4n) is 6.89. The zero-order chi connectivity index (χ0) is 35.9. The van der Waals surface area contributed by atoms with Crippen LogP contribution in [0.2, 0.25) is 0 Å². The SMILES string of the molecule is CCCCCCCCCCCCCCCCCC/C=C/C(O)C(CO)NC(=O)C(O)CCCCCCCCCCCCCCCCCCC. The van der Waals surface area contributed by atoms with Gasteiger partial charge in [-0.05, 0) is 19.3 Å². The normalized spacial score (nSPS) is 13.7. The van der Waals surface area contributed by atoms with Gasteiger partial charge in [0, 0.05) is 0 Å². The van der Waals surface area contributed by atoms with Crippen molar-refractivity contribution in [1.29, 1.82) is 0 Å². The van der Waals surface area contributed by atoms with Crippen molar-refractivity contribution in [2.24, 2.45) is 0 Å². The summed E-state index contributed by atoms with van der Waals surface area (Å²) in [6.45, 7) is 4.20. The Bertz CT molecular complexity index is 684. The van der Waals surface area contributed by atoms with Crippen molar-refractivity contribution >= 4 is 5.91 Å². The lowest BCUT2D eigenvalue weighted by Crippen LogP contribution is -2.48. The Morgan fingerprint density at radius 3 is 1.12 bits per heavy atom. The van der Waals surface area contributed by atoms with Gasteiger partial charge in [0.15, 0.2) is 0 Å². The Kier molecular flexibility index (Phi) is 39.1. The van der Waals surface area contributed by atoms with Crippen LogP contribution < -0.4 is 5.32 Å². The molecule has 5 nitrogen and oxygen atoms in total. The molecule has 5 heteroatoms. The smallest absolute Gasteiger partial charge is 0.249 e. The maximum absolute atomic E-state index is 12.5. The molecule has 3 unspecified atom stereocenters. The summed E-state index contributed by atoms with van der Waals surface area (Å²) in [5, 5.41) is 33.1. The van der Waals surface area contributed by atoms with Crippen LogP contribution in [0.5, 0.6) is 0 Å². The number of hydrogen-bond acceptors (Lipinski definition) is 4. The second-order valence-corrected chi connectivity index (χ2v) is 15.3. The summed E-state index contributed by atoms with van der Waals surface area (Å²) in [5.74, 6) is -0.499. The summed E-state index contributed by atoms with van der Waals surface area (Å²) in [6.07, 6.45) is 46.7. The molecule has 0 fully saturated rings. The van der Waals surface area contributed by atoms with Crippen LogP contribution in [0.4, 0.5) is 0 Å². The monoisotopic (exact) mass is 694 g/mol. The van der Waals surface area contributed by atoms with E-state index < -0.39 is 24.2 Å². The highest BCUT2D eigenvalue weighted by Gasteiger charge is 2.22. The van der Waals surface area contributed by atoms with Gasteiger partial charge >= 0.3 is 0 Å². The number of allylic oxidation sites excluding steroid dienone is 1. The van der Waals surface area contributed by atoms with E-state index in [0.29, 0.717) is 6.42 Å². The van der Waals surface area contributed by atoms with Crippen molar-refractivity contribution in [2.75, 3.05) is 6.61 Å². The number of hydrogen-bond donors (Lipinski definition) is 4. The Hall–Kier alpha value is -0.910. The van der Waals surface area contributed by atoms with Crippen LogP contribution in [0.15, 0.2) is 12.2 Å².